The van der Waals surface area contributed by atoms with E-state index in [-0.39, 0.29) is 0 Å². The second-order valence-corrected chi connectivity index (χ2v) is 6.80. The predicted octanol–water partition coefficient (Wildman–Crippen LogP) is 3.95. The molecule has 2 aliphatic rings. The molecule has 0 spiro atoms. The number of rotatable bonds is 9. The fourth-order valence-electron chi connectivity index (χ4n) is 3.35. The van der Waals surface area contributed by atoms with E-state index in [1.165, 1.54) is 63.5 Å². The Bertz CT molecular complexity index is 395. The maximum Gasteiger partial charge on any atom is 0.0576 e. The largest absolute Gasteiger partial charge is 0.378 e. The van der Waals surface area contributed by atoms with Crippen molar-refractivity contribution in [2.45, 2.75) is 63.5 Å². The molecule has 2 nitrogen and oxygen atoms in total. The molecular weight excluding hydrogens is 258 g/mol. The first-order valence-corrected chi connectivity index (χ1v) is 8.79. The summed E-state index contributed by atoms with van der Waals surface area (Å²) in [7, 11) is 0. The second-order valence-electron chi connectivity index (χ2n) is 6.80. The summed E-state index contributed by atoms with van der Waals surface area (Å²) in [5.41, 5.74) is 1.48. The molecule has 1 heterocycles. The van der Waals surface area contributed by atoms with Crippen LogP contribution in [0.3, 0.4) is 0 Å². The van der Waals surface area contributed by atoms with Gasteiger partial charge in [0.25, 0.3) is 0 Å². The molecule has 1 saturated carbocycles. The van der Waals surface area contributed by atoms with Crippen molar-refractivity contribution >= 4 is 0 Å². The summed E-state index contributed by atoms with van der Waals surface area (Å²) in [6.07, 6.45) is 11.0. The lowest BCUT2D eigenvalue weighted by Crippen LogP contribution is -2.26. The number of hydrogen-bond acceptors (Lipinski definition) is 2. The molecule has 2 heteroatoms. The fraction of sp³-hybridized carbons (Fsp3) is 0.684. The first-order valence-electron chi connectivity index (χ1n) is 8.79. The Morgan fingerprint density at radius 3 is 2.71 bits per heavy atom. The van der Waals surface area contributed by atoms with Crippen LogP contribution in [0.1, 0.15) is 50.5 Å². The van der Waals surface area contributed by atoms with E-state index in [9.17, 15) is 0 Å². The van der Waals surface area contributed by atoms with Crippen LogP contribution in [0.25, 0.3) is 0 Å². The topological polar surface area (TPSA) is 21.3 Å². The van der Waals surface area contributed by atoms with Crippen LogP contribution in [-0.2, 0) is 11.2 Å². The highest BCUT2D eigenvalue weighted by atomic mass is 16.5. The maximum absolute atomic E-state index is 5.75. The summed E-state index contributed by atoms with van der Waals surface area (Å²) in [4.78, 5) is 0. The smallest absolute Gasteiger partial charge is 0.0576 e. The first-order chi connectivity index (χ1) is 10.4. The van der Waals surface area contributed by atoms with Gasteiger partial charge in [0.15, 0.2) is 0 Å². The molecule has 2 unspecified atom stereocenters. The third kappa shape index (κ3) is 5.44. The van der Waals surface area contributed by atoms with E-state index < -0.39 is 0 Å². The van der Waals surface area contributed by atoms with E-state index in [2.05, 4.69) is 35.6 Å². The summed E-state index contributed by atoms with van der Waals surface area (Å²) in [6.45, 7) is 2.17. The average molecular weight is 287 g/mol. The van der Waals surface area contributed by atoms with Crippen molar-refractivity contribution in [2.24, 2.45) is 5.92 Å². The van der Waals surface area contributed by atoms with Gasteiger partial charge in [-0.3, -0.25) is 0 Å². The van der Waals surface area contributed by atoms with E-state index in [4.69, 9.17) is 4.74 Å². The van der Waals surface area contributed by atoms with Gasteiger partial charge in [0.1, 0.15) is 0 Å². The maximum atomic E-state index is 5.75. The van der Waals surface area contributed by atoms with Crippen molar-refractivity contribution in [2.75, 3.05) is 13.2 Å². The molecule has 1 aromatic rings. The normalized spacial score (nSPS) is 23.3. The van der Waals surface area contributed by atoms with Crippen molar-refractivity contribution in [3.8, 4) is 0 Å². The van der Waals surface area contributed by atoms with E-state index in [0.717, 1.165) is 18.6 Å². The molecule has 0 amide bonds. The average Bonchev–Trinajstić information content (AvgIpc) is 3.20. The highest BCUT2D eigenvalue weighted by molar-refractivity contribution is 5.15. The number of benzene rings is 1. The Balaban J connectivity index is 1.43. The lowest BCUT2D eigenvalue weighted by Gasteiger charge is -2.19. The van der Waals surface area contributed by atoms with Gasteiger partial charge < -0.3 is 10.1 Å². The van der Waals surface area contributed by atoms with Crippen molar-refractivity contribution in [1.82, 2.24) is 5.32 Å². The zero-order chi connectivity index (χ0) is 14.3. The molecule has 2 fully saturated rings. The SMILES string of the molecule is c1ccc(CC(CCCC2CCCO2)CNC2CC2)cc1. The minimum atomic E-state index is 0.554. The van der Waals surface area contributed by atoms with Gasteiger partial charge in [-0.15, -0.1) is 0 Å². The van der Waals surface area contributed by atoms with Gasteiger partial charge in [-0.25, -0.2) is 0 Å². The minimum absolute atomic E-state index is 0.554. The molecule has 0 bridgehead atoms. The molecule has 2 atom stereocenters. The van der Waals surface area contributed by atoms with Crippen molar-refractivity contribution in [3.05, 3.63) is 35.9 Å². The molecule has 116 valence electrons. The van der Waals surface area contributed by atoms with Gasteiger partial charge in [-0.05, 0) is 63.0 Å². The molecule has 0 aromatic heterocycles. The molecule has 1 aliphatic carbocycles. The Morgan fingerprint density at radius 1 is 1.14 bits per heavy atom. The third-order valence-corrected chi connectivity index (χ3v) is 4.80. The highest BCUT2D eigenvalue weighted by Crippen LogP contribution is 2.23. The first kappa shape index (κ1) is 15.1. The summed E-state index contributed by atoms with van der Waals surface area (Å²) < 4.78 is 5.75. The predicted molar refractivity (Wildman–Crippen MR) is 87.5 cm³/mol. The molecular formula is C19H29NO. The summed E-state index contributed by atoms with van der Waals surface area (Å²) in [6, 6.07) is 11.8. The van der Waals surface area contributed by atoms with Crippen molar-refractivity contribution in [3.63, 3.8) is 0 Å². The zero-order valence-electron chi connectivity index (χ0n) is 13.1. The van der Waals surface area contributed by atoms with Crippen molar-refractivity contribution in [1.29, 1.82) is 0 Å². The Kier molecular flexibility index (Phi) is 5.70. The second kappa shape index (κ2) is 7.95. The molecule has 21 heavy (non-hydrogen) atoms. The molecule has 0 radical (unpaired) electrons. The molecule has 1 saturated heterocycles. The minimum Gasteiger partial charge on any atom is -0.378 e. The van der Waals surface area contributed by atoms with Crippen LogP contribution in [0.5, 0.6) is 0 Å². The van der Waals surface area contributed by atoms with Gasteiger partial charge in [0, 0.05) is 12.6 Å². The lowest BCUT2D eigenvalue weighted by atomic mass is 9.93. The summed E-state index contributed by atoms with van der Waals surface area (Å²) >= 11 is 0. The van der Waals surface area contributed by atoms with Gasteiger partial charge in [-0.2, -0.15) is 0 Å². The molecule has 1 aliphatic heterocycles. The third-order valence-electron chi connectivity index (χ3n) is 4.80. The van der Waals surface area contributed by atoms with Crippen LogP contribution in [-0.4, -0.2) is 25.3 Å². The summed E-state index contributed by atoms with van der Waals surface area (Å²) in [5, 5.41) is 3.72. The van der Waals surface area contributed by atoms with E-state index in [1.807, 2.05) is 0 Å². The van der Waals surface area contributed by atoms with Crippen LogP contribution < -0.4 is 5.32 Å². The van der Waals surface area contributed by atoms with Crippen molar-refractivity contribution < 1.29 is 4.74 Å². The number of nitrogens with one attached hydrogen (secondary N) is 1. The standard InChI is InChI=1S/C19H29NO/c1-2-6-16(7-3-1)14-17(15-20-18-11-12-18)8-4-9-19-10-5-13-21-19/h1-3,6-7,17-20H,4-5,8-15H2. The Morgan fingerprint density at radius 2 is 2.00 bits per heavy atom. The van der Waals surface area contributed by atoms with E-state index in [0.29, 0.717) is 6.10 Å². The monoisotopic (exact) mass is 287 g/mol. The molecule has 3 rings (SSSR count). The Hall–Kier alpha value is -0.860. The van der Waals surface area contributed by atoms with Gasteiger partial charge in [0.2, 0.25) is 0 Å². The zero-order valence-corrected chi connectivity index (χ0v) is 13.1. The van der Waals surface area contributed by atoms with Crippen LogP contribution in [0.4, 0.5) is 0 Å². The van der Waals surface area contributed by atoms with Crippen LogP contribution in [0.2, 0.25) is 0 Å². The quantitative estimate of drug-likeness (QED) is 0.742. The number of ether oxygens (including phenoxy) is 1. The van der Waals surface area contributed by atoms with Crippen LogP contribution in [0.15, 0.2) is 30.3 Å². The van der Waals surface area contributed by atoms with Gasteiger partial charge in [-0.1, -0.05) is 36.8 Å². The Labute approximate surface area is 129 Å². The number of hydrogen-bond donors (Lipinski definition) is 1. The fourth-order valence-corrected chi connectivity index (χ4v) is 3.35. The van der Waals surface area contributed by atoms with Crippen LogP contribution in [0, 0.1) is 5.92 Å². The molecule has 1 N–H and O–H groups in total. The van der Waals surface area contributed by atoms with Gasteiger partial charge >= 0.3 is 0 Å². The van der Waals surface area contributed by atoms with Crippen LogP contribution >= 0.6 is 0 Å². The molecule has 1 aromatic carbocycles. The lowest BCUT2D eigenvalue weighted by molar-refractivity contribution is 0.101. The van der Waals surface area contributed by atoms with E-state index >= 15 is 0 Å². The van der Waals surface area contributed by atoms with E-state index in [1.54, 1.807) is 0 Å². The highest BCUT2D eigenvalue weighted by Gasteiger charge is 2.22. The van der Waals surface area contributed by atoms with Gasteiger partial charge in [0.05, 0.1) is 6.10 Å². The summed E-state index contributed by atoms with van der Waals surface area (Å²) in [5.74, 6) is 0.773.